The quantitative estimate of drug-likeness (QED) is 0.772. The largest absolute Gasteiger partial charge is 0.389 e. The Labute approximate surface area is 131 Å². The van der Waals surface area contributed by atoms with Gasteiger partial charge in [-0.2, -0.15) is 0 Å². The summed E-state index contributed by atoms with van der Waals surface area (Å²) < 4.78 is 5.46. The number of nitrogens with one attached hydrogen (secondary N) is 1. The monoisotopic (exact) mass is 303 g/mol. The van der Waals surface area contributed by atoms with E-state index in [0.717, 1.165) is 31.4 Å². The molecule has 3 rings (SSSR count). The summed E-state index contributed by atoms with van der Waals surface area (Å²) in [4.78, 5) is 12.6. The Morgan fingerprint density at radius 1 is 1.32 bits per heavy atom. The van der Waals surface area contributed by atoms with Gasteiger partial charge in [0, 0.05) is 13.2 Å². The Morgan fingerprint density at radius 3 is 2.64 bits per heavy atom. The number of ether oxygens (including phenoxy) is 1. The number of aliphatic hydroxyl groups is 1. The lowest BCUT2D eigenvalue weighted by atomic mass is 9.64. The summed E-state index contributed by atoms with van der Waals surface area (Å²) in [5, 5.41) is 12.8. The minimum Gasteiger partial charge on any atom is -0.389 e. The first-order valence-electron chi connectivity index (χ1n) is 8.30. The van der Waals surface area contributed by atoms with Gasteiger partial charge in [-0.05, 0) is 37.2 Å². The molecule has 0 spiro atoms. The number of hydrogen-bond acceptors (Lipinski definition) is 3. The maximum Gasteiger partial charge on any atom is 0.230 e. The van der Waals surface area contributed by atoms with Gasteiger partial charge in [0.1, 0.15) is 0 Å². The molecule has 0 saturated heterocycles. The Balaban J connectivity index is 1.47. The fourth-order valence-electron chi connectivity index (χ4n) is 3.03. The van der Waals surface area contributed by atoms with E-state index >= 15 is 0 Å². The average Bonchev–Trinajstić information content (AvgIpc) is 3.29. The number of aliphatic hydroxyl groups excluding tert-OH is 1. The van der Waals surface area contributed by atoms with Crippen LogP contribution in [0, 0.1) is 5.92 Å². The molecular weight excluding hydrogens is 278 g/mol. The fraction of sp³-hybridized carbons (Fsp3) is 0.611. The summed E-state index contributed by atoms with van der Waals surface area (Å²) in [5.41, 5.74) is 0.689. The van der Waals surface area contributed by atoms with Crippen molar-refractivity contribution < 1.29 is 14.6 Å². The van der Waals surface area contributed by atoms with Crippen LogP contribution in [0.2, 0.25) is 0 Å². The summed E-state index contributed by atoms with van der Waals surface area (Å²) in [6, 6.07) is 9.96. The van der Waals surface area contributed by atoms with Gasteiger partial charge in [-0.3, -0.25) is 4.79 Å². The standard InChI is InChI=1S/C18H25NO3/c20-16(13-22-12-14-7-8-14)11-19-17(21)18(9-4-10-18)15-5-2-1-3-6-15/h1-3,5-6,14,16,20H,4,7-13H2,(H,19,21). The van der Waals surface area contributed by atoms with Gasteiger partial charge in [-0.1, -0.05) is 36.8 Å². The van der Waals surface area contributed by atoms with Gasteiger partial charge in [-0.25, -0.2) is 0 Å². The van der Waals surface area contributed by atoms with Crippen LogP contribution in [0.15, 0.2) is 30.3 Å². The molecule has 4 heteroatoms. The summed E-state index contributed by atoms with van der Waals surface area (Å²) in [7, 11) is 0. The van der Waals surface area contributed by atoms with E-state index in [1.165, 1.54) is 12.8 Å². The van der Waals surface area contributed by atoms with Gasteiger partial charge in [0.05, 0.1) is 18.1 Å². The second-order valence-corrected chi connectivity index (χ2v) is 6.65. The molecule has 2 fully saturated rings. The molecule has 120 valence electrons. The minimum atomic E-state index is -0.629. The first kappa shape index (κ1) is 15.5. The van der Waals surface area contributed by atoms with Gasteiger partial charge >= 0.3 is 0 Å². The maximum atomic E-state index is 12.6. The van der Waals surface area contributed by atoms with Crippen LogP contribution in [0.25, 0.3) is 0 Å². The lowest BCUT2D eigenvalue weighted by molar-refractivity contribution is -0.130. The van der Waals surface area contributed by atoms with Crippen molar-refractivity contribution >= 4 is 5.91 Å². The van der Waals surface area contributed by atoms with E-state index in [9.17, 15) is 9.90 Å². The van der Waals surface area contributed by atoms with Crippen LogP contribution in [-0.2, 0) is 14.9 Å². The van der Waals surface area contributed by atoms with E-state index in [1.54, 1.807) is 0 Å². The highest BCUT2D eigenvalue weighted by Crippen LogP contribution is 2.43. The van der Waals surface area contributed by atoms with Crippen molar-refractivity contribution in [3.8, 4) is 0 Å². The van der Waals surface area contributed by atoms with Crippen LogP contribution in [0.4, 0.5) is 0 Å². The van der Waals surface area contributed by atoms with Gasteiger partial charge in [0.2, 0.25) is 5.91 Å². The zero-order chi connectivity index (χ0) is 15.4. The summed E-state index contributed by atoms with van der Waals surface area (Å²) in [6.07, 6.45) is 4.71. The Bertz CT molecular complexity index is 494. The van der Waals surface area contributed by atoms with E-state index < -0.39 is 11.5 Å². The third-order valence-corrected chi connectivity index (χ3v) is 4.83. The van der Waals surface area contributed by atoms with Crippen LogP contribution < -0.4 is 5.32 Å². The predicted molar refractivity (Wildman–Crippen MR) is 84.5 cm³/mol. The normalized spacial score (nSPS) is 21.0. The molecular formula is C18H25NO3. The molecule has 0 heterocycles. The maximum absolute atomic E-state index is 12.6. The van der Waals surface area contributed by atoms with Crippen molar-refractivity contribution in [3.05, 3.63) is 35.9 Å². The molecule has 0 aromatic heterocycles. The molecule has 2 aliphatic rings. The van der Waals surface area contributed by atoms with Crippen molar-refractivity contribution in [3.63, 3.8) is 0 Å². The van der Waals surface area contributed by atoms with E-state index in [2.05, 4.69) is 5.32 Å². The van der Waals surface area contributed by atoms with Crippen molar-refractivity contribution in [2.24, 2.45) is 5.92 Å². The average molecular weight is 303 g/mol. The van der Waals surface area contributed by atoms with E-state index in [1.807, 2.05) is 30.3 Å². The van der Waals surface area contributed by atoms with Crippen LogP contribution in [0.3, 0.4) is 0 Å². The third-order valence-electron chi connectivity index (χ3n) is 4.83. The summed E-state index contributed by atoms with van der Waals surface area (Å²) in [6.45, 7) is 1.30. The smallest absolute Gasteiger partial charge is 0.230 e. The predicted octanol–water partition coefficient (Wildman–Crippen LogP) is 2.01. The number of rotatable bonds is 8. The number of benzene rings is 1. The van der Waals surface area contributed by atoms with Gasteiger partial charge in [0.25, 0.3) is 0 Å². The fourth-order valence-corrected chi connectivity index (χ4v) is 3.03. The first-order chi connectivity index (χ1) is 10.7. The lowest BCUT2D eigenvalue weighted by Crippen LogP contribution is -2.51. The number of carbonyl (C=O) groups is 1. The highest BCUT2D eigenvalue weighted by atomic mass is 16.5. The molecule has 0 bridgehead atoms. The molecule has 1 amide bonds. The lowest BCUT2D eigenvalue weighted by Gasteiger charge is -2.40. The topological polar surface area (TPSA) is 58.6 Å². The molecule has 1 aromatic rings. The number of amides is 1. The molecule has 2 saturated carbocycles. The molecule has 2 N–H and O–H groups in total. The zero-order valence-electron chi connectivity index (χ0n) is 13.0. The minimum absolute atomic E-state index is 0.0335. The van der Waals surface area contributed by atoms with E-state index in [-0.39, 0.29) is 12.5 Å². The Morgan fingerprint density at radius 2 is 2.05 bits per heavy atom. The summed E-state index contributed by atoms with van der Waals surface area (Å²) in [5.74, 6) is 0.726. The molecule has 1 aromatic carbocycles. The number of carbonyl (C=O) groups excluding carboxylic acids is 1. The second kappa shape index (κ2) is 6.80. The molecule has 1 unspecified atom stereocenters. The first-order valence-corrected chi connectivity index (χ1v) is 8.30. The molecule has 0 radical (unpaired) electrons. The highest BCUT2D eigenvalue weighted by Gasteiger charge is 2.45. The molecule has 2 aliphatic carbocycles. The van der Waals surface area contributed by atoms with E-state index in [0.29, 0.717) is 12.5 Å². The van der Waals surface area contributed by atoms with Gasteiger partial charge < -0.3 is 15.2 Å². The summed E-state index contributed by atoms with van der Waals surface area (Å²) >= 11 is 0. The second-order valence-electron chi connectivity index (χ2n) is 6.65. The Kier molecular flexibility index (Phi) is 4.79. The van der Waals surface area contributed by atoms with Gasteiger partial charge in [0.15, 0.2) is 0 Å². The van der Waals surface area contributed by atoms with Crippen LogP contribution in [0.5, 0.6) is 0 Å². The Hall–Kier alpha value is -1.39. The highest BCUT2D eigenvalue weighted by molar-refractivity contribution is 5.89. The van der Waals surface area contributed by atoms with Gasteiger partial charge in [-0.15, -0.1) is 0 Å². The third kappa shape index (κ3) is 3.50. The molecule has 1 atom stereocenters. The molecule has 0 aliphatic heterocycles. The van der Waals surface area contributed by atoms with Crippen LogP contribution in [0.1, 0.15) is 37.7 Å². The number of hydrogen-bond donors (Lipinski definition) is 2. The molecule has 4 nitrogen and oxygen atoms in total. The van der Waals surface area contributed by atoms with Crippen LogP contribution in [-0.4, -0.2) is 36.9 Å². The van der Waals surface area contributed by atoms with E-state index in [4.69, 9.17) is 4.74 Å². The van der Waals surface area contributed by atoms with Crippen molar-refractivity contribution in [1.29, 1.82) is 0 Å². The zero-order valence-corrected chi connectivity index (χ0v) is 13.0. The van der Waals surface area contributed by atoms with Crippen molar-refractivity contribution in [1.82, 2.24) is 5.32 Å². The SMILES string of the molecule is O=C(NCC(O)COCC1CC1)C1(c2ccccc2)CCC1. The molecule has 22 heavy (non-hydrogen) atoms. The van der Waals surface area contributed by atoms with Crippen molar-refractivity contribution in [2.75, 3.05) is 19.8 Å². The van der Waals surface area contributed by atoms with Crippen LogP contribution >= 0.6 is 0 Å². The van der Waals surface area contributed by atoms with Crippen molar-refractivity contribution in [2.45, 2.75) is 43.6 Å².